The lowest BCUT2D eigenvalue weighted by molar-refractivity contribution is 0.0518. The van der Waals surface area contributed by atoms with Gasteiger partial charge in [-0.25, -0.2) is 13.8 Å². The predicted octanol–water partition coefficient (Wildman–Crippen LogP) is 2.93. The molecule has 3 aromatic heterocycles. The van der Waals surface area contributed by atoms with E-state index in [-0.39, 0.29) is 18.4 Å². The van der Waals surface area contributed by atoms with E-state index in [9.17, 15) is 13.6 Å². The molecule has 0 radical (unpaired) electrons. The molecule has 0 aromatic carbocycles. The number of aromatic nitrogens is 5. The lowest BCUT2D eigenvalue weighted by Crippen LogP contribution is -2.51. The van der Waals surface area contributed by atoms with E-state index >= 15 is 0 Å². The fourth-order valence-electron chi connectivity index (χ4n) is 5.11. The van der Waals surface area contributed by atoms with Crippen LogP contribution in [0.5, 0.6) is 0 Å². The summed E-state index contributed by atoms with van der Waals surface area (Å²) in [5.41, 5.74) is 4.65. The number of aromatic amines is 1. The standard InChI is InChI=1S/C23H25F2N7O/c1-13-15(3-6-19(27-13)31-11-22(12-31)10-23(22,24)25)8-32-9-16(7-26-32)21(33)28-18-5-4-17-14(2)29-30-20(17)18/h3,6-7,9,18H,4-5,8,10-12H2,1-2H3,(H,28,33)(H,29,30). The summed E-state index contributed by atoms with van der Waals surface area (Å²) >= 11 is 0. The van der Waals surface area contributed by atoms with Crippen molar-refractivity contribution in [2.24, 2.45) is 5.41 Å². The van der Waals surface area contributed by atoms with Gasteiger partial charge in [-0.2, -0.15) is 10.2 Å². The number of rotatable bonds is 5. The minimum Gasteiger partial charge on any atom is -0.355 e. The van der Waals surface area contributed by atoms with Crippen LogP contribution in [0.3, 0.4) is 0 Å². The summed E-state index contributed by atoms with van der Waals surface area (Å²) in [4.78, 5) is 19.3. The highest BCUT2D eigenvalue weighted by atomic mass is 19.3. The highest BCUT2D eigenvalue weighted by Gasteiger charge is 2.76. The van der Waals surface area contributed by atoms with E-state index in [2.05, 4.69) is 25.6 Å². The highest BCUT2D eigenvalue weighted by Crippen LogP contribution is 2.65. The van der Waals surface area contributed by atoms with Gasteiger partial charge in [0.2, 0.25) is 0 Å². The first-order valence-electron chi connectivity index (χ1n) is 11.2. The lowest BCUT2D eigenvalue weighted by Gasteiger charge is -2.41. The number of hydrogen-bond donors (Lipinski definition) is 2. The third kappa shape index (κ3) is 3.22. The van der Waals surface area contributed by atoms with Gasteiger partial charge in [-0.1, -0.05) is 6.07 Å². The van der Waals surface area contributed by atoms with Gasteiger partial charge in [-0.05, 0) is 43.9 Å². The van der Waals surface area contributed by atoms with Gasteiger partial charge in [0.05, 0.1) is 35.5 Å². The molecule has 8 nitrogen and oxygen atoms in total. The molecular formula is C23H25F2N7O. The van der Waals surface area contributed by atoms with Gasteiger partial charge >= 0.3 is 0 Å². The van der Waals surface area contributed by atoms with Crippen molar-refractivity contribution in [3.63, 3.8) is 0 Å². The van der Waals surface area contributed by atoms with Gasteiger partial charge in [-0.3, -0.25) is 14.6 Å². The first kappa shape index (κ1) is 20.3. The summed E-state index contributed by atoms with van der Waals surface area (Å²) in [7, 11) is 0. The zero-order chi connectivity index (χ0) is 23.0. The van der Waals surface area contributed by atoms with Gasteiger partial charge in [0.25, 0.3) is 11.8 Å². The number of carbonyl (C=O) groups is 1. The fourth-order valence-corrected chi connectivity index (χ4v) is 5.11. The first-order valence-corrected chi connectivity index (χ1v) is 11.2. The van der Waals surface area contributed by atoms with Crippen LogP contribution in [-0.2, 0) is 13.0 Å². The molecule has 4 heterocycles. The third-order valence-electron chi connectivity index (χ3n) is 7.36. The number of H-pyrrole nitrogens is 1. The number of alkyl halides is 2. The number of halogens is 2. The first-order chi connectivity index (χ1) is 15.7. The largest absolute Gasteiger partial charge is 0.355 e. The van der Waals surface area contributed by atoms with Crippen LogP contribution in [-0.4, -0.2) is 49.9 Å². The van der Waals surface area contributed by atoms with Crippen molar-refractivity contribution in [1.29, 1.82) is 0 Å². The zero-order valence-electron chi connectivity index (χ0n) is 18.5. The molecule has 1 amide bonds. The Kier molecular flexibility index (Phi) is 4.22. The molecule has 1 saturated heterocycles. The normalized spacial score (nSPS) is 21.7. The van der Waals surface area contributed by atoms with Crippen molar-refractivity contribution < 1.29 is 13.6 Å². The number of aryl methyl sites for hydroxylation is 2. The Bertz CT molecular complexity index is 1260. The lowest BCUT2D eigenvalue weighted by atomic mass is 9.96. The van der Waals surface area contributed by atoms with Crippen molar-refractivity contribution in [3.05, 3.63) is 58.3 Å². The second-order valence-electron chi connectivity index (χ2n) is 9.64. The van der Waals surface area contributed by atoms with Crippen LogP contribution >= 0.6 is 0 Å². The maximum absolute atomic E-state index is 13.5. The average Bonchev–Trinajstić information content (AvgIpc) is 3.18. The summed E-state index contributed by atoms with van der Waals surface area (Å²) in [6.07, 6.45) is 5.03. The molecule has 2 fully saturated rings. The van der Waals surface area contributed by atoms with Crippen LogP contribution < -0.4 is 10.2 Å². The van der Waals surface area contributed by atoms with Crippen LogP contribution in [0.25, 0.3) is 0 Å². The van der Waals surface area contributed by atoms with Gasteiger partial charge in [0.15, 0.2) is 0 Å². The predicted molar refractivity (Wildman–Crippen MR) is 116 cm³/mol. The van der Waals surface area contributed by atoms with E-state index in [0.717, 1.165) is 41.3 Å². The van der Waals surface area contributed by atoms with Crippen molar-refractivity contribution >= 4 is 11.7 Å². The summed E-state index contributed by atoms with van der Waals surface area (Å²) in [5.74, 6) is -1.96. The number of nitrogens with one attached hydrogen (secondary N) is 2. The van der Waals surface area contributed by atoms with Crippen LogP contribution in [0.2, 0.25) is 0 Å². The van der Waals surface area contributed by atoms with Gasteiger partial charge in [0.1, 0.15) is 5.82 Å². The van der Waals surface area contributed by atoms with Crippen LogP contribution in [0.1, 0.15) is 57.5 Å². The Hall–Kier alpha value is -3.30. The topological polar surface area (TPSA) is 91.7 Å². The molecule has 1 unspecified atom stereocenters. The van der Waals surface area contributed by atoms with Crippen molar-refractivity contribution in [1.82, 2.24) is 30.3 Å². The van der Waals surface area contributed by atoms with Crippen molar-refractivity contribution in [3.8, 4) is 0 Å². The molecule has 1 spiro atoms. The molecule has 3 aliphatic rings. The highest BCUT2D eigenvalue weighted by molar-refractivity contribution is 5.94. The monoisotopic (exact) mass is 453 g/mol. The molecule has 6 rings (SSSR count). The van der Waals surface area contributed by atoms with Gasteiger partial charge in [-0.15, -0.1) is 0 Å². The number of hydrogen-bond acceptors (Lipinski definition) is 5. The second kappa shape index (κ2) is 6.85. The minimum absolute atomic E-state index is 0.00791. The Morgan fingerprint density at radius 1 is 1.30 bits per heavy atom. The summed E-state index contributed by atoms with van der Waals surface area (Å²) in [6, 6.07) is 3.74. The van der Waals surface area contributed by atoms with Gasteiger partial charge in [0, 0.05) is 37.1 Å². The van der Waals surface area contributed by atoms with Crippen LogP contribution in [0.15, 0.2) is 24.5 Å². The Labute approximate surface area is 189 Å². The minimum atomic E-state index is -2.51. The molecule has 172 valence electrons. The third-order valence-corrected chi connectivity index (χ3v) is 7.36. The Balaban J connectivity index is 1.09. The molecular weight excluding hydrogens is 428 g/mol. The number of anilines is 1. The van der Waals surface area contributed by atoms with E-state index in [1.807, 2.05) is 30.9 Å². The van der Waals surface area contributed by atoms with E-state index in [0.29, 0.717) is 25.2 Å². The van der Waals surface area contributed by atoms with Crippen LogP contribution in [0, 0.1) is 19.3 Å². The molecule has 33 heavy (non-hydrogen) atoms. The molecule has 3 aromatic rings. The number of pyridine rings is 1. The zero-order valence-corrected chi connectivity index (χ0v) is 18.5. The summed E-state index contributed by atoms with van der Waals surface area (Å²) in [6.45, 7) is 5.10. The Morgan fingerprint density at radius 3 is 2.82 bits per heavy atom. The molecule has 2 N–H and O–H groups in total. The molecule has 2 aliphatic carbocycles. The number of nitrogens with zero attached hydrogens (tertiary/aromatic N) is 5. The fraction of sp³-hybridized carbons (Fsp3) is 0.478. The van der Waals surface area contributed by atoms with E-state index < -0.39 is 11.3 Å². The van der Waals surface area contributed by atoms with E-state index in [1.54, 1.807) is 17.1 Å². The smallest absolute Gasteiger partial charge is 0.258 e. The molecule has 1 aliphatic heterocycles. The summed E-state index contributed by atoms with van der Waals surface area (Å²) < 4.78 is 28.6. The SMILES string of the molecule is Cc1nc(N2CC3(C2)CC3(F)F)ccc1Cn1cc(C(=O)NC2CCc3c2n[nH]c3C)cn1. The van der Waals surface area contributed by atoms with Crippen molar-refractivity contribution in [2.45, 2.75) is 51.6 Å². The molecule has 0 bridgehead atoms. The van der Waals surface area contributed by atoms with Gasteiger partial charge < -0.3 is 10.2 Å². The maximum atomic E-state index is 13.5. The molecule has 1 atom stereocenters. The number of fused-ring (bicyclic) bond motifs is 1. The van der Waals surface area contributed by atoms with Crippen molar-refractivity contribution in [2.75, 3.05) is 18.0 Å². The molecule has 10 heteroatoms. The quantitative estimate of drug-likeness (QED) is 0.620. The number of amides is 1. The summed E-state index contributed by atoms with van der Waals surface area (Å²) in [5, 5.41) is 14.7. The average molecular weight is 453 g/mol. The number of carbonyl (C=O) groups excluding carboxylic acids is 1. The van der Waals surface area contributed by atoms with E-state index in [1.165, 1.54) is 5.56 Å². The van der Waals surface area contributed by atoms with Crippen LogP contribution in [0.4, 0.5) is 14.6 Å². The Morgan fingerprint density at radius 2 is 2.09 bits per heavy atom. The second-order valence-corrected chi connectivity index (χ2v) is 9.64. The molecule has 1 saturated carbocycles. The van der Waals surface area contributed by atoms with E-state index in [4.69, 9.17) is 0 Å². The maximum Gasteiger partial charge on any atom is 0.258 e.